The van der Waals surface area contributed by atoms with Crippen LogP contribution in [0.3, 0.4) is 0 Å². The van der Waals surface area contributed by atoms with Crippen LogP contribution in [0, 0.1) is 5.92 Å². The monoisotopic (exact) mass is 420 g/mol. The molecule has 0 aliphatic heterocycles. The summed E-state index contributed by atoms with van der Waals surface area (Å²) >= 11 is 0. The molecule has 2 N–H and O–H groups in total. The molecule has 2 unspecified atom stereocenters. The maximum absolute atomic E-state index is 13.6. The van der Waals surface area contributed by atoms with Crippen molar-refractivity contribution in [1.29, 1.82) is 0 Å². The molecule has 152 valence electrons. The van der Waals surface area contributed by atoms with Crippen molar-refractivity contribution in [2.45, 2.75) is 64.2 Å². The number of alkyl halides is 6. The first kappa shape index (κ1) is 24.8. The number of ether oxygens (including phenoxy) is 1. The highest BCUT2D eigenvalue weighted by atomic mass is 32.2. The van der Waals surface area contributed by atoms with Gasteiger partial charge in [-0.3, -0.25) is 4.74 Å². The van der Waals surface area contributed by atoms with Crippen LogP contribution in [0.2, 0.25) is 0 Å². The highest BCUT2D eigenvalue weighted by Crippen LogP contribution is 2.30. The molecule has 13 heteroatoms. The second-order valence-corrected chi connectivity index (χ2v) is 9.74. The Hall–Kier alpha value is -0.240. The highest BCUT2D eigenvalue weighted by Gasteiger charge is 2.52. The third kappa shape index (κ3) is 9.31. The van der Waals surface area contributed by atoms with Gasteiger partial charge in [-0.15, -0.1) is 0 Å². The van der Waals surface area contributed by atoms with Crippen molar-refractivity contribution in [2.75, 3.05) is 5.75 Å². The number of nitrogens with one attached hydrogen (secondary N) is 2. The fourth-order valence-corrected chi connectivity index (χ4v) is 2.99. The van der Waals surface area contributed by atoms with E-state index in [1.165, 1.54) is 30.2 Å². The third-order valence-electron chi connectivity index (χ3n) is 2.36. The van der Waals surface area contributed by atoms with Crippen LogP contribution in [-0.2, 0) is 26.7 Å². The lowest BCUT2D eigenvalue weighted by Crippen LogP contribution is -2.55. The standard InChI is InChI=1S/C12H22F6N2O3S2/c1-7(2)6-24(21)20-9(11(14,15)16)23-12(17,18)8(13)19-25(22)10(3,4)5/h7-9,19-20H,6H2,1-5H3/t8-,9+,24?,25?/m1/s1. The molecule has 0 saturated heterocycles. The molecule has 0 aromatic rings. The molecule has 0 aliphatic rings. The molecule has 25 heavy (non-hydrogen) atoms. The highest BCUT2D eigenvalue weighted by molar-refractivity contribution is 7.84. The first-order valence-electron chi connectivity index (χ1n) is 7.05. The maximum atomic E-state index is 13.6. The van der Waals surface area contributed by atoms with Crippen molar-refractivity contribution in [2.24, 2.45) is 5.92 Å². The molecular weight excluding hydrogens is 398 g/mol. The van der Waals surface area contributed by atoms with Crippen LogP contribution in [-0.4, -0.2) is 43.7 Å². The lowest BCUT2D eigenvalue weighted by atomic mass is 10.3. The average Bonchev–Trinajstić information content (AvgIpc) is 2.34. The predicted molar refractivity (Wildman–Crippen MR) is 82.8 cm³/mol. The zero-order chi connectivity index (χ0) is 20.2. The minimum atomic E-state index is -5.38. The minimum absolute atomic E-state index is 0.257. The van der Waals surface area contributed by atoms with E-state index in [-0.39, 0.29) is 11.7 Å². The lowest BCUT2D eigenvalue weighted by Gasteiger charge is -2.29. The topological polar surface area (TPSA) is 67.4 Å². The van der Waals surface area contributed by atoms with E-state index in [9.17, 15) is 34.8 Å². The summed E-state index contributed by atoms with van der Waals surface area (Å²) in [6.45, 7) is 7.15. The van der Waals surface area contributed by atoms with Gasteiger partial charge in [0.05, 0.1) is 26.7 Å². The van der Waals surface area contributed by atoms with Crippen LogP contribution in [0.25, 0.3) is 0 Å². The zero-order valence-electron chi connectivity index (χ0n) is 14.2. The second-order valence-electron chi connectivity index (χ2n) is 6.49. The van der Waals surface area contributed by atoms with Crippen molar-refractivity contribution >= 4 is 22.0 Å². The van der Waals surface area contributed by atoms with Gasteiger partial charge >= 0.3 is 12.3 Å². The fraction of sp³-hybridized carbons (Fsp3) is 1.00. The summed E-state index contributed by atoms with van der Waals surface area (Å²) in [5.41, 5.74) is 0. The average molecular weight is 420 g/mol. The van der Waals surface area contributed by atoms with Gasteiger partial charge in [0.15, 0.2) is 0 Å². The Labute approximate surface area is 147 Å². The Balaban J connectivity index is 5.13. The minimum Gasteiger partial charge on any atom is -0.288 e. The van der Waals surface area contributed by atoms with Crippen LogP contribution in [0.15, 0.2) is 0 Å². The molecule has 4 atom stereocenters. The molecule has 5 nitrogen and oxygen atoms in total. The smallest absolute Gasteiger partial charge is 0.288 e. The summed E-state index contributed by atoms with van der Waals surface area (Å²) in [4.78, 5) is 0. The van der Waals surface area contributed by atoms with E-state index >= 15 is 0 Å². The first-order valence-corrected chi connectivity index (χ1v) is 9.52. The Morgan fingerprint density at radius 1 is 1.00 bits per heavy atom. The summed E-state index contributed by atoms with van der Waals surface area (Å²) in [6.07, 6.45) is -17.2. The summed E-state index contributed by atoms with van der Waals surface area (Å²) in [5.74, 6) is -0.542. The molecule has 0 radical (unpaired) electrons. The van der Waals surface area contributed by atoms with E-state index < -0.39 is 51.5 Å². The first-order chi connectivity index (χ1) is 11.0. The largest absolute Gasteiger partial charge is 0.429 e. The van der Waals surface area contributed by atoms with Crippen molar-refractivity contribution in [3.63, 3.8) is 0 Å². The molecule has 0 rings (SSSR count). The van der Waals surface area contributed by atoms with E-state index in [1.54, 1.807) is 13.8 Å². The maximum Gasteiger partial charge on any atom is 0.429 e. The van der Waals surface area contributed by atoms with Gasteiger partial charge in [0.1, 0.15) is 0 Å². The molecule has 0 amide bonds. The van der Waals surface area contributed by atoms with Crippen LogP contribution >= 0.6 is 0 Å². The normalized spacial score (nSPS) is 18.9. The van der Waals surface area contributed by atoms with Crippen LogP contribution in [0.1, 0.15) is 34.6 Å². The fourth-order valence-electron chi connectivity index (χ4n) is 1.18. The Morgan fingerprint density at radius 3 is 1.84 bits per heavy atom. The van der Waals surface area contributed by atoms with Gasteiger partial charge in [-0.1, -0.05) is 13.8 Å². The quantitative estimate of drug-likeness (QED) is 0.343. The summed E-state index contributed by atoms with van der Waals surface area (Å²) < 4.78 is 107. The van der Waals surface area contributed by atoms with Crippen molar-refractivity contribution in [1.82, 2.24) is 9.44 Å². The van der Waals surface area contributed by atoms with Gasteiger partial charge in [-0.25, -0.2) is 17.5 Å². The number of hydrogen-bond donors (Lipinski definition) is 2. The molecular formula is C12H22F6N2O3S2. The third-order valence-corrected chi connectivity index (χ3v) is 5.34. The van der Waals surface area contributed by atoms with Gasteiger partial charge < -0.3 is 0 Å². The van der Waals surface area contributed by atoms with Crippen molar-refractivity contribution in [3.05, 3.63) is 0 Å². The number of rotatable bonds is 9. The van der Waals surface area contributed by atoms with E-state index in [0.717, 1.165) is 0 Å². The molecule has 0 bridgehead atoms. The summed E-state index contributed by atoms with van der Waals surface area (Å²) in [5, 5.41) is 0. The van der Waals surface area contributed by atoms with Gasteiger partial charge in [0, 0.05) is 5.75 Å². The Kier molecular flexibility index (Phi) is 9.02. The molecule has 0 aliphatic carbocycles. The van der Waals surface area contributed by atoms with Crippen LogP contribution in [0.5, 0.6) is 0 Å². The van der Waals surface area contributed by atoms with E-state index in [1.807, 2.05) is 0 Å². The Bertz CT molecular complexity index is 482. The second kappa shape index (κ2) is 9.11. The summed E-state index contributed by atoms with van der Waals surface area (Å²) in [7, 11) is -4.65. The molecule has 0 fully saturated rings. The zero-order valence-corrected chi connectivity index (χ0v) is 15.9. The van der Waals surface area contributed by atoms with E-state index in [0.29, 0.717) is 0 Å². The molecule has 0 saturated carbocycles. The molecule has 0 aromatic heterocycles. The number of hydrogen-bond acceptors (Lipinski definition) is 3. The molecule has 0 heterocycles. The van der Waals surface area contributed by atoms with Gasteiger partial charge in [0.2, 0.25) is 6.23 Å². The van der Waals surface area contributed by atoms with Gasteiger partial charge in [0.25, 0.3) is 6.30 Å². The molecule has 0 spiro atoms. The van der Waals surface area contributed by atoms with Crippen LogP contribution < -0.4 is 9.44 Å². The number of halogens is 6. The van der Waals surface area contributed by atoms with E-state index in [2.05, 4.69) is 4.74 Å². The van der Waals surface area contributed by atoms with E-state index in [4.69, 9.17) is 0 Å². The van der Waals surface area contributed by atoms with Crippen molar-refractivity contribution < 1.29 is 39.5 Å². The van der Waals surface area contributed by atoms with Crippen LogP contribution in [0.4, 0.5) is 26.3 Å². The predicted octanol–water partition coefficient (Wildman–Crippen LogP) is 2.74. The lowest BCUT2D eigenvalue weighted by molar-refractivity contribution is -0.346. The molecule has 0 aromatic carbocycles. The van der Waals surface area contributed by atoms with Gasteiger partial charge in [-0.05, 0) is 26.7 Å². The summed E-state index contributed by atoms with van der Waals surface area (Å²) in [6, 6.07) is 0. The SMILES string of the molecule is CC(C)CS(=O)N[C@@H](OC(F)(F)[C@H](F)NS(=O)C(C)(C)C)C(F)(F)F. The Morgan fingerprint density at radius 2 is 1.48 bits per heavy atom. The van der Waals surface area contributed by atoms with Gasteiger partial charge in [-0.2, -0.15) is 26.7 Å². The van der Waals surface area contributed by atoms with Crippen molar-refractivity contribution in [3.8, 4) is 0 Å².